The summed E-state index contributed by atoms with van der Waals surface area (Å²) in [6.45, 7) is 1.62. The number of hydrogen-bond acceptors (Lipinski definition) is 9. The van der Waals surface area contributed by atoms with E-state index >= 15 is 0 Å². The Balaban J connectivity index is 1.72. The molecule has 134 valence electrons. The summed E-state index contributed by atoms with van der Waals surface area (Å²) in [5, 5.41) is 27.1. The van der Waals surface area contributed by atoms with Crippen molar-refractivity contribution in [1.29, 1.82) is 0 Å². The highest BCUT2D eigenvalue weighted by Crippen LogP contribution is 2.29. The maximum Gasteiger partial charge on any atom is 0.181 e. The van der Waals surface area contributed by atoms with Gasteiger partial charge in [-0.15, -0.1) is 20.4 Å². The molecule has 11 heteroatoms. The number of benzene rings is 1. The third-order valence-corrected chi connectivity index (χ3v) is 4.89. The Bertz CT molecular complexity index is 1290. The van der Waals surface area contributed by atoms with Crippen LogP contribution in [0.5, 0.6) is 0 Å². The van der Waals surface area contributed by atoms with Gasteiger partial charge in [0.15, 0.2) is 28.2 Å². The number of nitrogens with zero attached hydrogens (tertiary/aromatic N) is 8. The summed E-state index contributed by atoms with van der Waals surface area (Å²) in [7, 11) is 0. The Morgan fingerprint density at radius 1 is 1.15 bits per heavy atom. The van der Waals surface area contributed by atoms with Crippen molar-refractivity contribution in [3.05, 3.63) is 42.5 Å². The second kappa shape index (κ2) is 5.79. The fourth-order valence-electron chi connectivity index (χ4n) is 2.77. The average Bonchev–Trinajstić information content (AvgIpc) is 3.36. The van der Waals surface area contributed by atoms with Gasteiger partial charge in [-0.2, -0.15) is 9.20 Å². The normalized spacial score (nSPS) is 12.8. The molecule has 0 radical (unpaired) electrons. The lowest BCUT2D eigenvalue weighted by atomic mass is 10.2. The molecule has 0 amide bonds. The van der Waals surface area contributed by atoms with Crippen LogP contribution >= 0.6 is 11.3 Å². The zero-order valence-electron chi connectivity index (χ0n) is 14.1. The second-order valence-electron chi connectivity index (χ2n) is 5.94. The lowest BCUT2D eigenvalue weighted by molar-refractivity contribution is 0.189. The van der Waals surface area contributed by atoms with Gasteiger partial charge < -0.3 is 10.8 Å². The summed E-state index contributed by atoms with van der Waals surface area (Å²) >= 11 is 1.42. The molecule has 0 bridgehead atoms. The number of rotatable bonds is 3. The minimum absolute atomic E-state index is 0.300. The molecule has 0 aliphatic carbocycles. The first-order valence-electron chi connectivity index (χ1n) is 8.07. The van der Waals surface area contributed by atoms with E-state index in [9.17, 15) is 5.11 Å². The van der Waals surface area contributed by atoms with Crippen molar-refractivity contribution in [2.24, 2.45) is 0 Å². The molecule has 4 heterocycles. The van der Waals surface area contributed by atoms with Crippen LogP contribution in [-0.2, 0) is 0 Å². The number of aliphatic hydroxyl groups is 1. The maximum atomic E-state index is 9.96. The van der Waals surface area contributed by atoms with Crippen LogP contribution in [-0.4, -0.2) is 44.7 Å². The van der Waals surface area contributed by atoms with Gasteiger partial charge in [0.2, 0.25) is 0 Å². The summed E-state index contributed by atoms with van der Waals surface area (Å²) in [6, 6.07) is 9.31. The van der Waals surface area contributed by atoms with Gasteiger partial charge in [0.25, 0.3) is 0 Å². The quantitative estimate of drug-likeness (QED) is 0.483. The van der Waals surface area contributed by atoms with E-state index in [1.54, 1.807) is 28.3 Å². The van der Waals surface area contributed by atoms with Crippen LogP contribution in [0.25, 0.3) is 33.1 Å². The van der Waals surface area contributed by atoms with Crippen LogP contribution in [0, 0.1) is 0 Å². The molecule has 0 spiro atoms. The van der Waals surface area contributed by atoms with Gasteiger partial charge in [-0.05, 0) is 37.3 Å². The average molecular weight is 379 g/mol. The van der Waals surface area contributed by atoms with Crippen molar-refractivity contribution in [3.63, 3.8) is 0 Å². The molecule has 0 aliphatic rings. The van der Waals surface area contributed by atoms with E-state index in [0.717, 1.165) is 15.8 Å². The number of nitrogen functional groups attached to an aromatic ring is 1. The number of nitrogens with two attached hydrogens (primary N) is 1. The lowest BCUT2D eigenvalue weighted by Gasteiger charge is -2.05. The molecular weight excluding hydrogens is 366 g/mol. The van der Waals surface area contributed by atoms with Crippen molar-refractivity contribution in [3.8, 4) is 17.2 Å². The Labute approximate surface area is 155 Å². The molecule has 0 saturated heterocycles. The molecule has 1 atom stereocenters. The fourth-order valence-corrected chi connectivity index (χ4v) is 3.48. The highest BCUT2D eigenvalue weighted by Gasteiger charge is 2.18. The molecular formula is C16H13N9OS. The van der Waals surface area contributed by atoms with E-state index in [4.69, 9.17) is 5.73 Å². The summed E-state index contributed by atoms with van der Waals surface area (Å²) in [5.74, 6) is 1.36. The summed E-state index contributed by atoms with van der Waals surface area (Å²) in [5.41, 5.74) is 8.00. The van der Waals surface area contributed by atoms with Crippen molar-refractivity contribution >= 4 is 32.3 Å². The minimum Gasteiger partial charge on any atom is -0.385 e. The SMILES string of the molecule is CC(O)c1nc(-c2ccc3sc(N)nc3c2)n(-c2ccc3nncn3n2)n1. The molecule has 0 fully saturated rings. The van der Waals surface area contributed by atoms with Gasteiger partial charge >= 0.3 is 0 Å². The minimum atomic E-state index is -0.817. The van der Waals surface area contributed by atoms with Gasteiger partial charge in [-0.25, -0.2) is 9.97 Å². The zero-order valence-corrected chi connectivity index (χ0v) is 14.9. The van der Waals surface area contributed by atoms with E-state index in [0.29, 0.717) is 28.2 Å². The fraction of sp³-hybridized carbons (Fsp3) is 0.125. The van der Waals surface area contributed by atoms with Crippen molar-refractivity contribution in [2.45, 2.75) is 13.0 Å². The first kappa shape index (κ1) is 15.8. The topological polar surface area (TPSA) is 133 Å². The van der Waals surface area contributed by atoms with Gasteiger partial charge in [0.05, 0.1) is 10.2 Å². The summed E-state index contributed by atoms with van der Waals surface area (Å²) in [4.78, 5) is 8.83. The number of hydrogen-bond donors (Lipinski definition) is 2. The van der Waals surface area contributed by atoms with Gasteiger partial charge in [-0.3, -0.25) is 0 Å². The van der Waals surface area contributed by atoms with E-state index < -0.39 is 6.10 Å². The van der Waals surface area contributed by atoms with Crippen LogP contribution in [0.1, 0.15) is 18.9 Å². The molecule has 5 rings (SSSR count). The molecule has 1 aromatic carbocycles. The Hall–Kier alpha value is -3.44. The molecule has 5 aromatic rings. The molecule has 0 aliphatic heterocycles. The second-order valence-corrected chi connectivity index (χ2v) is 7.00. The lowest BCUT2D eigenvalue weighted by Crippen LogP contribution is -2.06. The Morgan fingerprint density at radius 3 is 2.89 bits per heavy atom. The predicted molar refractivity (Wildman–Crippen MR) is 99.4 cm³/mol. The van der Waals surface area contributed by atoms with E-state index in [2.05, 4.69) is 30.4 Å². The highest BCUT2D eigenvalue weighted by molar-refractivity contribution is 7.22. The van der Waals surface area contributed by atoms with E-state index in [-0.39, 0.29) is 0 Å². The Morgan fingerprint density at radius 2 is 2.04 bits per heavy atom. The summed E-state index contributed by atoms with van der Waals surface area (Å²) < 4.78 is 4.12. The van der Waals surface area contributed by atoms with Crippen LogP contribution in [0.2, 0.25) is 0 Å². The zero-order chi connectivity index (χ0) is 18.5. The molecule has 27 heavy (non-hydrogen) atoms. The van der Waals surface area contributed by atoms with Crippen molar-refractivity contribution in [1.82, 2.24) is 39.6 Å². The highest BCUT2D eigenvalue weighted by atomic mass is 32.1. The van der Waals surface area contributed by atoms with Gasteiger partial charge in [0.1, 0.15) is 12.4 Å². The molecule has 10 nitrogen and oxygen atoms in total. The molecule has 0 saturated carbocycles. The molecule has 3 N–H and O–H groups in total. The number of anilines is 1. The first-order chi connectivity index (χ1) is 13.1. The van der Waals surface area contributed by atoms with E-state index in [1.807, 2.05) is 18.2 Å². The Kier molecular flexibility index (Phi) is 3.39. The number of thiazole rings is 1. The smallest absolute Gasteiger partial charge is 0.181 e. The first-order valence-corrected chi connectivity index (χ1v) is 8.89. The monoisotopic (exact) mass is 379 g/mol. The number of aromatic nitrogens is 8. The van der Waals surface area contributed by atoms with Crippen LogP contribution < -0.4 is 5.73 Å². The largest absolute Gasteiger partial charge is 0.385 e. The predicted octanol–water partition coefficient (Wildman–Crippen LogP) is 1.62. The number of aliphatic hydroxyl groups excluding tert-OH is 1. The van der Waals surface area contributed by atoms with E-state index in [1.165, 1.54) is 17.7 Å². The van der Waals surface area contributed by atoms with Gasteiger partial charge in [-0.1, -0.05) is 11.3 Å². The standard InChI is InChI=1S/C16H13N9OS/c1-8(26)14-20-15(9-2-3-11-10(6-9)19-16(17)27-11)25(23-14)13-5-4-12-21-18-7-24(12)22-13/h2-8,26H,1H3,(H2,17,19). The summed E-state index contributed by atoms with van der Waals surface area (Å²) in [6.07, 6.45) is 0.692. The molecule has 4 aromatic heterocycles. The van der Waals surface area contributed by atoms with Crippen molar-refractivity contribution < 1.29 is 5.11 Å². The third-order valence-electron chi connectivity index (χ3n) is 4.02. The van der Waals surface area contributed by atoms with Crippen LogP contribution in [0.3, 0.4) is 0 Å². The van der Waals surface area contributed by atoms with Crippen LogP contribution in [0.15, 0.2) is 36.7 Å². The third kappa shape index (κ3) is 2.60. The maximum absolute atomic E-state index is 9.96. The van der Waals surface area contributed by atoms with Gasteiger partial charge in [0, 0.05) is 5.56 Å². The van der Waals surface area contributed by atoms with Crippen LogP contribution in [0.4, 0.5) is 5.13 Å². The van der Waals surface area contributed by atoms with Crippen molar-refractivity contribution in [2.75, 3.05) is 5.73 Å². The molecule has 1 unspecified atom stereocenters. The number of fused-ring (bicyclic) bond motifs is 2.